The van der Waals surface area contributed by atoms with Gasteiger partial charge in [0.1, 0.15) is 5.60 Å². The molecule has 190 valence electrons. The molecule has 4 saturated carbocycles. The van der Waals surface area contributed by atoms with Gasteiger partial charge in [-0.15, -0.1) is 0 Å². The van der Waals surface area contributed by atoms with E-state index >= 15 is 0 Å². The van der Waals surface area contributed by atoms with Crippen molar-refractivity contribution in [1.82, 2.24) is 0 Å². The molecule has 0 aromatic heterocycles. The number of ether oxygens (including phenoxy) is 2. The van der Waals surface area contributed by atoms with Gasteiger partial charge in [0.15, 0.2) is 0 Å². The molecule has 0 spiro atoms. The van der Waals surface area contributed by atoms with Crippen molar-refractivity contribution in [2.45, 2.75) is 58.0 Å². The van der Waals surface area contributed by atoms with Crippen molar-refractivity contribution in [2.24, 2.45) is 23.7 Å². The van der Waals surface area contributed by atoms with Gasteiger partial charge in [0.25, 0.3) is 0 Å². The molecule has 0 radical (unpaired) electrons. The van der Waals surface area contributed by atoms with E-state index < -0.39 is 17.9 Å². The Bertz CT molecular complexity index is 737. The molecule has 0 aromatic carbocycles. The van der Waals surface area contributed by atoms with Crippen LogP contribution in [0.1, 0.15) is 52.4 Å². The molecule has 34 heavy (non-hydrogen) atoms. The van der Waals surface area contributed by atoms with Gasteiger partial charge >= 0.3 is 23.9 Å². The first kappa shape index (κ1) is 30.8. The third-order valence-electron chi connectivity index (χ3n) is 6.44. The number of carboxylic acids is 2. The Morgan fingerprint density at radius 2 is 1.26 bits per heavy atom. The first-order valence-electron chi connectivity index (χ1n) is 11.2. The van der Waals surface area contributed by atoms with Gasteiger partial charge in [0, 0.05) is 23.8 Å². The standard InChI is InChI=1S/C15H22O2.2C4H6O2.C3H4O2/c1-3-14(16)17-15(4-2)12-6-10-5-11(8-12)9-13(15)7-10;1-3-4(5)6-2;1-3(2)4(5)6;1-2-3(4)5/h3,10-13H,1,4-9H2,2H3;3H,1H2,2H3;1H2,2H3,(H,5,6);2H,1H2,(H,4,5). The van der Waals surface area contributed by atoms with E-state index in [0.29, 0.717) is 11.8 Å². The average Bonchev–Trinajstić information content (AvgIpc) is 2.81. The number of hydrogen-bond donors (Lipinski definition) is 2. The summed E-state index contributed by atoms with van der Waals surface area (Å²) in [5.41, 5.74) is 0.0219. The lowest BCUT2D eigenvalue weighted by atomic mass is 9.49. The van der Waals surface area contributed by atoms with Gasteiger partial charge in [-0.3, -0.25) is 0 Å². The molecule has 0 amide bonds. The molecule has 4 bridgehead atoms. The van der Waals surface area contributed by atoms with E-state index in [1.807, 2.05) is 0 Å². The summed E-state index contributed by atoms with van der Waals surface area (Å²) in [5, 5.41) is 15.5. The summed E-state index contributed by atoms with van der Waals surface area (Å²) >= 11 is 0. The summed E-state index contributed by atoms with van der Waals surface area (Å²) in [7, 11) is 1.31. The lowest BCUT2D eigenvalue weighted by molar-refractivity contribution is -0.206. The Morgan fingerprint density at radius 1 is 0.882 bits per heavy atom. The number of carboxylic acid groups (broad SMARTS) is 2. The summed E-state index contributed by atoms with van der Waals surface area (Å²) < 4.78 is 10.00. The Hall–Kier alpha value is -3.16. The Balaban J connectivity index is 0.000000532. The van der Waals surface area contributed by atoms with Crippen LogP contribution in [0.4, 0.5) is 0 Å². The van der Waals surface area contributed by atoms with E-state index in [0.717, 1.165) is 30.4 Å². The van der Waals surface area contributed by atoms with Gasteiger partial charge in [0.2, 0.25) is 0 Å². The van der Waals surface area contributed by atoms with Crippen LogP contribution in [0.25, 0.3) is 0 Å². The third kappa shape index (κ3) is 9.37. The summed E-state index contributed by atoms with van der Waals surface area (Å²) in [4.78, 5) is 40.3. The van der Waals surface area contributed by atoms with Gasteiger partial charge in [-0.1, -0.05) is 33.2 Å². The van der Waals surface area contributed by atoms with Crippen LogP contribution in [-0.2, 0) is 28.7 Å². The number of rotatable bonds is 6. The van der Waals surface area contributed by atoms with E-state index in [9.17, 15) is 19.2 Å². The van der Waals surface area contributed by atoms with E-state index in [4.69, 9.17) is 14.9 Å². The van der Waals surface area contributed by atoms with Crippen molar-refractivity contribution in [3.05, 3.63) is 50.1 Å². The number of carbonyl (C=O) groups is 4. The van der Waals surface area contributed by atoms with Gasteiger partial charge in [0.05, 0.1) is 7.11 Å². The maximum atomic E-state index is 11.6. The highest BCUT2D eigenvalue weighted by molar-refractivity contribution is 5.84. The second-order valence-corrected chi connectivity index (χ2v) is 8.59. The Labute approximate surface area is 202 Å². The highest BCUT2D eigenvalue weighted by atomic mass is 16.6. The summed E-state index contributed by atoms with van der Waals surface area (Å²) in [6, 6.07) is 0. The Kier molecular flexibility index (Phi) is 13.5. The average molecular weight is 479 g/mol. The summed E-state index contributed by atoms with van der Waals surface area (Å²) in [6.07, 6.45) is 10.8. The lowest BCUT2D eigenvalue weighted by Crippen LogP contribution is -2.59. The number of hydrogen-bond acceptors (Lipinski definition) is 6. The molecule has 4 aliphatic carbocycles. The van der Waals surface area contributed by atoms with Crippen molar-refractivity contribution in [3.8, 4) is 0 Å². The topological polar surface area (TPSA) is 127 Å². The smallest absolute Gasteiger partial charge is 0.330 e. The first-order valence-corrected chi connectivity index (χ1v) is 11.2. The predicted molar refractivity (Wildman–Crippen MR) is 129 cm³/mol. The first-order chi connectivity index (χ1) is 15.9. The number of aliphatic carboxylic acids is 2. The lowest BCUT2D eigenvalue weighted by Gasteiger charge is -2.60. The molecule has 0 aliphatic heterocycles. The third-order valence-corrected chi connectivity index (χ3v) is 6.44. The molecule has 4 aliphatic rings. The normalized spacial score (nSPS) is 26.9. The predicted octanol–water partition coefficient (Wildman–Crippen LogP) is 4.57. The Morgan fingerprint density at radius 3 is 1.47 bits per heavy atom. The summed E-state index contributed by atoms with van der Waals surface area (Å²) in [6.45, 7) is 16.4. The highest BCUT2D eigenvalue weighted by Gasteiger charge is 2.58. The van der Waals surface area contributed by atoms with Crippen LogP contribution < -0.4 is 0 Å². The van der Waals surface area contributed by atoms with Crippen LogP contribution in [0.15, 0.2) is 50.1 Å². The zero-order valence-corrected chi connectivity index (χ0v) is 20.5. The molecule has 0 atom stereocenters. The van der Waals surface area contributed by atoms with Crippen molar-refractivity contribution < 1.29 is 38.9 Å². The zero-order valence-electron chi connectivity index (χ0n) is 20.5. The van der Waals surface area contributed by atoms with Crippen LogP contribution in [-0.4, -0.2) is 46.8 Å². The monoisotopic (exact) mass is 478 g/mol. The second kappa shape index (κ2) is 14.9. The molecule has 0 saturated heterocycles. The number of esters is 2. The van der Waals surface area contributed by atoms with Crippen LogP contribution >= 0.6 is 0 Å². The molecule has 8 nitrogen and oxygen atoms in total. The minimum atomic E-state index is -0.981. The maximum absolute atomic E-state index is 11.6. The number of carbonyl (C=O) groups excluding carboxylic acids is 2. The second-order valence-electron chi connectivity index (χ2n) is 8.59. The fraction of sp³-hybridized carbons (Fsp3) is 0.538. The van der Waals surface area contributed by atoms with Crippen LogP contribution in [0.3, 0.4) is 0 Å². The molecule has 2 N–H and O–H groups in total. The number of methoxy groups -OCH3 is 1. The van der Waals surface area contributed by atoms with Crippen molar-refractivity contribution in [1.29, 1.82) is 0 Å². The van der Waals surface area contributed by atoms with Crippen molar-refractivity contribution in [3.63, 3.8) is 0 Å². The summed E-state index contributed by atoms with van der Waals surface area (Å²) in [5.74, 6) is 0.536. The zero-order chi connectivity index (χ0) is 26.5. The van der Waals surface area contributed by atoms with Gasteiger partial charge in [-0.25, -0.2) is 19.2 Å². The molecular weight excluding hydrogens is 440 g/mol. The van der Waals surface area contributed by atoms with Gasteiger partial charge in [-0.2, -0.15) is 0 Å². The van der Waals surface area contributed by atoms with Gasteiger partial charge in [-0.05, 0) is 69.1 Å². The van der Waals surface area contributed by atoms with E-state index in [2.05, 4.69) is 38.0 Å². The van der Waals surface area contributed by atoms with Crippen molar-refractivity contribution in [2.75, 3.05) is 7.11 Å². The van der Waals surface area contributed by atoms with E-state index in [1.54, 1.807) is 0 Å². The fourth-order valence-electron chi connectivity index (χ4n) is 5.11. The molecule has 0 aromatic rings. The van der Waals surface area contributed by atoms with Crippen molar-refractivity contribution >= 4 is 23.9 Å². The van der Waals surface area contributed by atoms with E-state index in [-0.39, 0.29) is 17.1 Å². The molecular formula is C26H38O8. The molecule has 0 unspecified atom stereocenters. The molecule has 4 rings (SSSR count). The largest absolute Gasteiger partial charge is 0.478 e. The molecule has 0 heterocycles. The minimum Gasteiger partial charge on any atom is -0.478 e. The van der Waals surface area contributed by atoms with Gasteiger partial charge < -0.3 is 19.7 Å². The quantitative estimate of drug-likeness (QED) is 0.420. The maximum Gasteiger partial charge on any atom is 0.330 e. The van der Waals surface area contributed by atoms with Crippen LogP contribution in [0, 0.1) is 23.7 Å². The van der Waals surface area contributed by atoms with Crippen LogP contribution in [0.2, 0.25) is 0 Å². The minimum absolute atomic E-state index is 0.154. The van der Waals surface area contributed by atoms with Crippen LogP contribution in [0.5, 0.6) is 0 Å². The highest BCUT2D eigenvalue weighted by Crippen LogP contribution is 2.60. The molecule has 4 fully saturated rings. The fourth-order valence-corrected chi connectivity index (χ4v) is 5.11. The molecule has 8 heteroatoms. The SMILES string of the molecule is C=C(C)C(=O)O.C=CC(=O)O.C=CC(=O)OC.C=CC(=O)OC1(CC)C2CC3CC(C2)CC1C3. The van der Waals surface area contributed by atoms with E-state index in [1.165, 1.54) is 52.2 Å².